The first-order valence-electron chi connectivity index (χ1n) is 14.3. The summed E-state index contributed by atoms with van der Waals surface area (Å²) in [6.45, 7) is 9.75. The largest absolute Gasteiger partial charge is 0.508 e. The predicted octanol–water partition coefficient (Wildman–Crippen LogP) is 4.84. The summed E-state index contributed by atoms with van der Waals surface area (Å²) < 4.78 is 33.2. The Labute approximate surface area is 242 Å². The van der Waals surface area contributed by atoms with Crippen molar-refractivity contribution in [1.82, 2.24) is 14.2 Å². The molecule has 0 radical (unpaired) electrons. The number of aromatic amines is 1. The molecule has 0 amide bonds. The van der Waals surface area contributed by atoms with Crippen LogP contribution >= 0.6 is 8.53 Å². The van der Waals surface area contributed by atoms with E-state index in [1.807, 2.05) is 39.8 Å². The molecule has 1 aromatic rings. The minimum atomic E-state index is -1.63. The molecule has 0 aromatic carbocycles. The molecule has 5 atom stereocenters. The van der Waals surface area contributed by atoms with E-state index in [4.69, 9.17) is 28.5 Å². The molecular formula is C28H43N4O8P. The van der Waals surface area contributed by atoms with Crippen LogP contribution in [-0.4, -0.2) is 64.0 Å². The number of nitrogens with one attached hydrogen (secondary N) is 1. The molecule has 13 heteroatoms. The van der Waals surface area contributed by atoms with Crippen molar-refractivity contribution in [2.75, 3.05) is 13.2 Å². The predicted molar refractivity (Wildman–Crippen MR) is 153 cm³/mol. The van der Waals surface area contributed by atoms with E-state index >= 15 is 0 Å². The third-order valence-electron chi connectivity index (χ3n) is 6.85. The molecule has 2 heterocycles. The number of ether oxygens (including phenoxy) is 3. The maximum absolute atomic E-state index is 12.6. The SMILES string of the molecule is Cc1cn([C@H]2C[C@H](OP(OCCC#N)N(C(C)C)C(C)C)[C@@H](COC(=O)OC3/C=C/CCCCC3)O2)c(=O)[nH]c1=O. The van der Waals surface area contributed by atoms with Crippen LogP contribution in [-0.2, 0) is 23.3 Å². The van der Waals surface area contributed by atoms with Gasteiger partial charge in [-0.3, -0.25) is 14.3 Å². The molecule has 1 aliphatic carbocycles. The third kappa shape index (κ3) is 9.76. The van der Waals surface area contributed by atoms with E-state index in [0.29, 0.717) is 5.56 Å². The highest BCUT2D eigenvalue weighted by atomic mass is 31.2. The molecule has 0 saturated carbocycles. The van der Waals surface area contributed by atoms with Crippen LogP contribution in [0.25, 0.3) is 0 Å². The van der Waals surface area contributed by atoms with E-state index in [2.05, 4.69) is 15.7 Å². The molecule has 1 fully saturated rings. The number of allylic oxidation sites excluding steroid dienone is 1. The molecule has 1 N–H and O–H groups in total. The summed E-state index contributed by atoms with van der Waals surface area (Å²) in [4.78, 5) is 39.5. The van der Waals surface area contributed by atoms with E-state index in [0.717, 1.165) is 32.1 Å². The number of carbonyl (C=O) groups is 1. The van der Waals surface area contributed by atoms with Gasteiger partial charge in [0.1, 0.15) is 25.0 Å². The number of nitriles is 1. The highest BCUT2D eigenvalue weighted by Crippen LogP contribution is 2.50. The zero-order valence-corrected chi connectivity index (χ0v) is 25.5. The van der Waals surface area contributed by atoms with Gasteiger partial charge in [0.2, 0.25) is 0 Å². The maximum Gasteiger partial charge on any atom is 0.508 e. The summed E-state index contributed by atoms with van der Waals surface area (Å²) in [5.41, 5.74) is -0.726. The Hall–Kier alpha value is -2.55. The number of hydrogen-bond acceptors (Lipinski definition) is 10. The summed E-state index contributed by atoms with van der Waals surface area (Å²) >= 11 is 0. The average molecular weight is 595 g/mol. The van der Waals surface area contributed by atoms with E-state index < -0.39 is 44.4 Å². The summed E-state index contributed by atoms with van der Waals surface area (Å²) in [5.74, 6) is 0. The van der Waals surface area contributed by atoms with Gasteiger partial charge in [0, 0.05) is 30.3 Å². The van der Waals surface area contributed by atoms with Gasteiger partial charge in [-0.15, -0.1) is 0 Å². The van der Waals surface area contributed by atoms with Crippen LogP contribution in [0.2, 0.25) is 0 Å². The van der Waals surface area contributed by atoms with Gasteiger partial charge >= 0.3 is 11.8 Å². The van der Waals surface area contributed by atoms with Gasteiger partial charge in [0.05, 0.1) is 25.2 Å². The number of carbonyl (C=O) groups excluding carboxylic acids is 1. The molecule has 41 heavy (non-hydrogen) atoms. The van der Waals surface area contributed by atoms with Gasteiger partial charge < -0.3 is 23.3 Å². The minimum Gasteiger partial charge on any atom is -0.431 e. The van der Waals surface area contributed by atoms with Crippen molar-refractivity contribution in [3.8, 4) is 6.07 Å². The molecule has 1 aromatic heterocycles. The molecular weight excluding hydrogens is 551 g/mol. The Kier molecular flexibility index (Phi) is 13.0. The van der Waals surface area contributed by atoms with Crippen molar-refractivity contribution in [2.45, 2.75) is 116 Å². The van der Waals surface area contributed by atoms with Crippen molar-refractivity contribution in [1.29, 1.82) is 5.26 Å². The molecule has 0 bridgehead atoms. The Morgan fingerprint density at radius 1 is 1.24 bits per heavy atom. The van der Waals surface area contributed by atoms with Crippen LogP contribution in [0.4, 0.5) is 4.79 Å². The van der Waals surface area contributed by atoms with Crippen LogP contribution < -0.4 is 11.2 Å². The fourth-order valence-electron chi connectivity index (χ4n) is 4.88. The average Bonchev–Trinajstić information content (AvgIpc) is 3.28. The molecule has 12 nitrogen and oxygen atoms in total. The quantitative estimate of drug-likeness (QED) is 0.154. The normalized spacial score (nSPS) is 24.6. The minimum absolute atomic E-state index is 0.0762. The topological polar surface area (TPSA) is 145 Å². The van der Waals surface area contributed by atoms with Gasteiger partial charge in [0.15, 0.2) is 0 Å². The first-order chi connectivity index (χ1) is 19.6. The van der Waals surface area contributed by atoms with Crippen LogP contribution in [0.5, 0.6) is 0 Å². The molecule has 1 saturated heterocycles. The number of aromatic nitrogens is 2. The zero-order valence-electron chi connectivity index (χ0n) is 24.6. The standard InChI is InChI=1S/C28H43N4O8P/c1-19(2)32(20(3)4)41(37-15-11-14-29)40-23-16-25(31-17-21(5)26(33)30-27(31)34)39-24(23)18-36-28(35)38-22-12-9-7-6-8-10-13-22/h9,12,17,19-20,22-25H,6-8,10-11,13,15-16,18H2,1-5H3,(H,30,33,34)/b12-9+/t22?,23-,24+,25+,41?/m0/s1. The monoisotopic (exact) mass is 594 g/mol. The molecule has 2 aliphatic rings. The smallest absolute Gasteiger partial charge is 0.431 e. The summed E-state index contributed by atoms with van der Waals surface area (Å²) in [6, 6.07) is 2.24. The maximum atomic E-state index is 12.6. The first-order valence-corrected chi connectivity index (χ1v) is 15.5. The Morgan fingerprint density at radius 3 is 2.71 bits per heavy atom. The van der Waals surface area contributed by atoms with E-state index in [-0.39, 0.29) is 44.2 Å². The fraction of sp³-hybridized carbons (Fsp3) is 0.714. The lowest BCUT2D eigenvalue weighted by Crippen LogP contribution is -2.37. The van der Waals surface area contributed by atoms with Crippen molar-refractivity contribution >= 4 is 14.7 Å². The number of aryl methyl sites for hydroxylation is 1. The summed E-state index contributed by atoms with van der Waals surface area (Å²) in [6.07, 6.45) is 7.40. The summed E-state index contributed by atoms with van der Waals surface area (Å²) in [5, 5.41) is 9.04. The fourth-order valence-corrected chi connectivity index (χ4v) is 6.64. The number of rotatable bonds is 12. The zero-order chi connectivity index (χ0) is 29.9. The molecule has 2 unspecified atom stereocenters. The van der Waals surface area contributed by atoms with Crippen LogP contribution in [0.1, 0.15) is 84.4 Å². The highest BCUT2D eigenvalue weighted by Gasteiger charge is 2.42. The second kappa shape index (κ2) is 16.2. The van der Waals surface area contributed by atoms with Gasteiger partial charge in [-0.05, 0) is 66.4 Å². The Bertz CT molecular complexity index is 1170. The lowest BCUT2D eigenvalue weighted by molar-refractivity contribution is -0.0597. The van der Waals surface area contributed by atoms with Crippen molar-refractivity contribution in [3.05, 3.63) is 44.8 Å². The van der Waals surface area contributed by atoms with E-state index in [1.165, 1.54) is 10.8 Å². The first kappa shape index (κ1) is 33.0. The molecule has 0 spiro atoms. The second-order valence-electron chi connectivity index (χ2n) is 10.8. The molecule has 1 aliphatic heterocycles. The van der Waals surface area contributed by atoms with Gasteiger partial charge in [-0.1, -0.05) is 12.5 Å². The van der Waals surface area contributed by atoms with Gasteiger partial charge in [-0.2, -0.15) is 5.26 Å². The third-order valence-corrected chi connectivity index (χ3v) is 9.00. The van der Waals surface area contributed by atoms with Crippen LogP contribution in [0.3, 0.4) is 0 Å². The van der Waals surface area contributed by atoms with E-state index in [9.17, 15) is 14.4 Å². The molecule has 3 rings (SSSR count). The number of nitrogens with zero attached hydrogens (tertiary/aromatic N) is 3. The Morgan fingerprint density at radius 2 is 2.00 bits per heavy atom. The lowest BCUT2D eigenvalue weighted by atomic mass is 10.0. The summed E-state index contributed by atoms with van der Waals surface area (Å²) in [7, 11) is -1.63. The van der Waals surface area contributed by atoms with Gasteiger partial charge in [0.25, 0.3) is 14.1 Å². The van der Waals surface area contributed by atoms with E-state index in [1.54, 1.807) is 6.92 Å². The number of H-pyrrole nitrogens is 1. The molecule has 228 valence electrons. The Balaban J connectivity index is 1.79. The van der Waals surface area contributed by atoms with Gasteiger partial charge in [-0.25, -0.2) is 14.3 Å². The van der Waals surface area contributed by atoms with Crippen LogP contribution in [0, 0.1) is 18.3 Å². The lowest BCUT2D eigenvalue weighted by Gasteiger charge is -2.37. The second-order valence-corrected chi connectivity index (χ2v) is 12.2. The number of hydrogen-bond donors (Lipinski definition) is 1. The highest BCUT2D eigenvalue weighted by molar-refractivity contribution is 7.44. The van der Waals surface area contributed by atoms with Crippen molar-refractivity contribution < 1.29 is 28.1 Å². The van der Waals surface area contributed by atoms with Crippen molar-refractivity contribution in [2.24, 2.45) is 0 Å². The van der Waals surface area contributed by atoms with Crippen LogP contribution in [0.15, 0.2) is 27.9 Å². The van der Waals surface area contributed by atoms with Crippen molar-refractivity contribution in [3.63, 3.8) is 0 Å².